The van der Waals surface area contributed by atoms with Crippen LogP contribution in [0.5, 0.6) is 11.5 Å². The van der Waals surface area contributed by atoms with E-state index < -0.39 is 15.8 Å². The zero-order valence-electron chi connectivity index (χ0n) is 19.2. The van der Waals surface area contributed by atoms with Gasteiger partial charge in [-0.05, 0) is 74.4 Å². The molecule has 3 aromatic rings. The number of hydrogen-bond acceptors (Lipinski definition) is 5. The first-order valence-corrected chi connectivity index (χ1v) is 12.7. The molecule has 176 valence electrons. The Kier molecular flexibility index (Phi) is 5.87. The van der Waals surface area contributed by atoms with Crippen LogP contribution in [-0.2, 0) is 10.0 Å². The van der Waals surface area contributed by atoms with E-state index in [1.54, 1.807) is 0 Å². The first kappa shape index (κ1) is 22.6. The van der Waals surface area contributed by atoms with Crippen molar-refractivity contribution in [2.75, 3.05) is 26.2 Å². The molecule has 2 aliphatic heterocycles. The third-order valence-electron chi connectivity index (χ3n) is 6.14. The molecule has 0 bridgehead atoms. The molecule has 8 heteroatoms. The number of aliphatic imine (C=N–C) groups is 1. The molecule has 34 heavy (non-hydrogen) atoms. The Balaban J connectivity index is 1.48. The summed E-state index contributed by atoms with van der Waals surface area (Å²) in [6.45, 7) is 5.87. The van der Waals surface area contributed by atoms with E-state index in [0.717, 1.165) is 34.0 Å². The Morgan fingerprint density at radius 3 is 2.38 bits per heavy atom. The summed E-state index contributed by atoms with van der Waals surface area (Å²) in [6, 6.07) is 16.9. The molecule has 2 aliphatic rings. The van der Waals surface area contributed by atoms with E-state index >= 15 is 0 Å². The van der Waals surface area contributed by atoms with Gasteiger partial charge in [0.15, 0.2) is 5.75 Å². The number of nitrogens with zero attached hydrogens (tertiary/aromatic N) is 3. The lowest BCUT2D eigenvalue weighted by Crippen LogP contribution is -2.37. The molecule has 1 fully saturated rings. The van der Waals surface area contributed by atoms with Crippen molar-refractivity contribution < 1.29 is 17.5 Å². The van der Waals surface area contributed by atoms with Crippen molar-refractivity contribution in [1.29, 1.82) is 0 Å². The minimum atomic E-state index is -3.71. The van der Waals surface area contributed by atoms with Crippen LogP contribution in [0.2, 0.25) is 0 Å². The maximum Gasteiger partial charge on any atom is 0.243 e. The van der Waals surface area contributed by atoms with Crippen LogP contribution in [0.25, 0.3) is 0 Å². The number of benzene rings is 3. The van der Waals surface area contributed by atoms with E-state index in [1.165, 1.54) is 28.6 Å². The van der Waals surface area contributed by atoms with Gasteiger partial charge in [0.2, 0.25) is 10.0 Å². The fourth-order valence-electron chi connectivity index (χ4n) is 4.34. The van der Waals surface area contributed by atoms with Crippen molar-refractivity contribution in [3.8, 4) is 11.5 Å². The molecular formula is C26H26FN3O3S. The minimum absolute atomic E-state index is 0.104. The number of halogens is 1. The summed E-state index contributed by atoms with van der Waals surface area (Å²) < 4.78 is 47.4. The molecule has 0 aromatic heterocycles. The van der Waals surface area contributed by atoms with Gasteiger partial charge in [-0.3, -0.25) is 0 Å². The van der Waals surface area contributed by atoms with Gasteiger partial charge in [0, 0.05) is 26.2 Å². The number of ether oxygens (including phenoxy) is 1. The number of aryl methyl sites for hydroxylation is 2. The fourth-order valence-corrected chi connectivity index (χ4v) is 5.81. The highest BCUT2D eigenvalue weighted by atomic mass is 32.2. The highest BCUT2D eigenvalue weighted by Crippen LogP contribution is 2.39. The Labute approximate surface area is 199 Å². The van der Waals surface area contributed by atoms with E-state index in [-0.39, 0.29) is 4.90 Å². The summed E-state index contributed by atoms with van der Waals surface area (Å²) in [5.41, 5.74) is 3.81. The van der Waals surface area contributed by atoms with Crippen LogP contribution in [-0.4, -0.2) is 49.6 Å². The first-order valence-electron chi connectivity index (χ1n) is 11.3. The van der Waals surface area contributed by atoms with Crippen molar-refractivity contribution in [2.24, 2.45) is 4.99 Å². The SMILES string of the molecule is Cc1ccc2c(c1)Oc1ccc(C)cc1C(N1CCCN(S(=O)(=O)c3ccc(F)cc3)CC1)=N2. The van der Waals surface area contributed by atoms with Gasteiger partial charge in [-0.15, -0.1) is 0 Å². The lowest BCUT2D eigenvalue weighted by molar-refractivity contribution is 0.407. The summed E-state index contributed by atoms with van der Waals surface area (Å²) in [6.07, 6.45) is 0.641. The van der Waals surface area contributed by atoms with Crippen LogP contribution < -0.4 is 4.74 Å². The van der Waals surface area contributed by atoms with E-state index in [1.807, 2.05) is 44.2 Å². The molecule has 0 unspecified atom stereocenters. The molecule has 0 aliphatic carbocycles. The Hall–Kier alpha value is -3.23. The number of rotatable bonds is 2. The summed E-state index contributed by atoms with van der Waals surface area (Å²) in [5, 5.41) is 0. The van der Waals surface area contributed by atoms with Gasteiger partial charge in [0.1, 0.15) is 23.1 Å². The molecule has 1 saturated heterocycles. The van der Waals surface area contributed by atoms with Gasteiger partial charge in [0.25, 0.3) is 0 Å². The van der Waals surface area contributed by atoms with Gasteiger partial charge >= 0.3 is 0 Å². The van der Waals surface area contributed by atoms with Crippen LogP contribution in [0.3, 0.4) is 0 Å². The summed E-state index contributed by atoms with van der Waals surface area (Å²) in [5.74, 6) is 1.76. The van der Waals surface area contributed by atoms with Gasteiger partial charge < -0.3 is 9.64 Å². The monoisotopic (exact) mass is 479 g/mol. The summed E-state index contributed by atoms with van der Waals surface area (Å²) >= 11 is 0. The van der Waals surface area contributed by atoms with Crippen molar-refractivity contribution in [3.05, 3.63) is 83.2 Å². The molecule has 2 heterocycles. The van der Waals surface area contributed by atoms with Crippen LogP contribution in [0.1, 0.15) is 23.1 Å². The molecule has 0 saturated carbocycles. The molecule has 3 aromatic carbocycles. The molecule has 0 radical (unpaired) electrons. The number of sulfonamides is 1. The van der Waals surface area contributed by atoms with Gasteiger partial charge in [0.05, 0.1) is 10.5 Å². The van der Waals surface area contributed by atoms with E-state index in [0.29, 0.717) is 38.3 Å². The van der Waals surface area contributed by atoms with Crippen molar-refractivity contribution >= 4 is 21.5 Å². The normalized spacial score (nSPS) is 16.6. The Bertz CT molecular complexity index is 1370. The predicted octanol–water partition coefficient (Wildman–Crippen LogP) is 5.02. The van der Waals surface area contributed by atoms with Gasteiger partial charge in [-0.2, -0.15) is 4.31 Å². The highest BCUT2D eigenvalue weighted by molar-refractivity contribution is 7.89. The van der Waals surface area contributed by atoms with Crippen LogP contribution in [0.15, 0.2) is 70.6 Å². The van der Waals surface area contributed by atoms with Crippen LogP contribution in [0.4, 0.5) is 10.1 Å². The maximum atomic E-state index is 13.3. The van der Waals surface area contributed by atoms with Crippen molar-refractivity contribution in [2.45, 2.75) is 25.2 Å². The number of hydrogen-bond donors (Lipinski definition) is 0. The zero-order chi connectivity index (χ0) is 23.9. The minimum Gasteiger partial charge on any atom is -0.454 e. The Morgan fingerprint density at radius 1 is 0.853 bits per heavy atom. The third kappa shape index (κ3) is 4.31. The summed E-state index contributed by atoms with van der Waals surface area (Å²) in [4.78, 5) is 7.23. The van der Waals surface area contributed by atoms with E-state index in [2.05, 4.69) is 11.0 Å². The molecule has 0 atom stereocenters. The highest BCUT2D eigenvalue weighted by Gasteiger charge is 2.30. The third-order valence-corrected chi connectivity index (χ3v) is 8.06. The average molecular weight is 480 g/mol. The topological polar surface area (TPSA) is 62.2 Å². The van der Waals surface area contributed by atoms with Crippen molar-refractivity contribution in [3.63, 3.8) is 0 Å². The quantitative estimate of drug-likeness (QED) is 0.518. The molecule has 5 rings (SSSR count). The lowest BCUT2D eigenvalue weighted by Gasteiger charge is -2.25. The van der Waals surface area contributed by atoms with Gasteiger partial charge in [-0.1, -0.05) is 17.7 Å². The summed E-state index contributed by atoms with van der Waals surface area (Å²) in [7, 11) is -3.71. The Morgan fingerprint density at radius 2 is 1.59 bits per heavy atom. The van der Waals surface area contributed by atoms with Gasteiger partial charge in [-0.25, -0.2) is 17.8 Å². The van der Waals surface area contributed by atoms with E-state index in [4.69, 9.17) is 9.73 Å². The fraction of sp³-hybridized carbons (Fsp3) is 0.269. The first-order chi connectivity index (χ1) is 16.3. The smallest absolute Gasteiger partial charge is 0.243 e. The molecule has 6 nitrogen and oxygen atoms in total. The molecular weight excluding hydrogens is 453 g/mol. The van der Waals surface area contributed by atoms with Crippen molar-refractivity contribution in [1.82, 2.24) is 9.21 Å². The molecule has 0 spiro atoms. The van der Waals surface area contributed by atoms with Crippen LogP contribution in [0, 0.1) is 19.7 Å². The standard InChI is InChI=1S/C26H26FN3O3S/c1-18-5-11-24-22(16-18)26(28-23-10-4-19(2)17-25(23)33-24)29-12-3-13-30(15-14-29)34(31,32)21-8-6-20(27)7-9-21/h4-11,16-17H,3,12-15H2,1-2H3. The largest absolute Gasteiger partial charge is 0.454 e. The second-order valence-electron chi connectivity index (χ2n) is 8.71. The molecule has 0 N–H and O–H groups in total. The van der Waals surface area contributed by atoms with E-state index in [9.17, 15) is 12.8 Å². The second kappa shape index (κ2) is 8.85. The van der Waals surface area contributed by atoms with Crippen LogP contribution >= 0.6 is 0 Å². The predicted molar refractivity (Wildman–Crippen MR) is 130 cm³/mol. The second-order valence-corrected chi connectivity index (χ2v) is 10.6. The maximum absolute atomic E-state index is 13.3. The number of fused-ring (bicyclic) bond motifs is 2. The number of amidine groups is 1. The lowest BCUT2D eigenvalue weighted by atomic mass is 10.1. The average Bonchev–Trinajstić information content (AvgIpc) is 3.14. The molecule has 0 amide bonds. The zero-order valence-corrected chi connectivity index (χ0v) is 20.0.